The maximum atomic E-state index is 12.9. The first-order chi connectivity index (χ1) is 10.2. The fourth-order valence-electron chi connectivity index (χ4n) is 3.86. The van der Waals surface area contributed by atoms with Gasteiger partial charge in [0.1, 0.15) is 5.69 Å². The van der Waals surface area contributed by atoms with Crippen molar-refractivity contribution in [2.24, 2.45) is 11.7 Å². The lowest BCUT2D eigenvalue weighted by Crippen LogP contribution is -2.46. The molecular formula is C17H27N3O. The lowest BCUT2D eigenvalue weighted by Gasteiger charge is -2.38. The van der Waals surface area contributed by atoms with Crippen LogP contribution >= 0.6 is 0 Å². The third-order valence-electron chi connectivity index (χ3n) is 5.46. The van der Waals surface area contributed by atoms with Crippen LogP contribution in [-0.2, 0) is 0 Å². The van der Waals surface area contributed by atoms with E-state index in [9.17, 15) is 4.79 Å². The van der Waals surface area contributed by atoms with Crippen molar-refractivity contribution >= 4 is 5.91 Å². The van der Waals surface area contributed by atoms with Crippen LogP contribution in [0.2, 0.25) is 0 Å². The topological polar surface area (TPSA) is 51.3 Å². The number of amides is 1. The van der Waals surface area contributed by atoms with E-state index in [1.54, 1.807) is 0 Å². The van der Waals surface area contributed by atoms with Crippen LogP contribution in [0.1, 0.15) is 61.5 Å². The molecule has 1 aromatic rings. The van der Waals surface area contributed by atoms with Crippen molar-refractivity contribution < 1.29 is 4.79 Å². The third-order valence-corrected chi connectivity index (χ3v) is 5.46. The summed E-state index contributed by atoms with van der Waals surface area (Å²) in [5.74, 6) is 0.622. The van der Waals surface area contributed by atoms with Crippen molar-refractivity contribution in [2.45, 2.75) is 57.0 Å². The maximum Gasteiger partial charge on any atom is 0.270 e. The van der Waals surface area contributed by atoms with Gasteiger partial charge in [0.15, 0.2) is 0 Å². The highest BCUT2D eigenvalue weighted by Crippen LogP contribution is 2.34. The fourth-order valence-corrected chi connectivity index (χ4v) is 3.86. The van der Waals surface area contributed by atoms with Crippen molar-refractivity contribution in [3.05, 3.63) is 24.0 Å². The minimum atomic E-state index is 0.164. The van der Waals surface area contributed by atoms with Crippen LogP contribution in [0.5, 0.6) is 0 Å². The van der Waals surface area contributed by atoms with Gasteiger partial charge in [0.25, 0.3) is 5.91 Å². The number of rotatable bonds is 4. The maximum absolute atomic E-state index is 12.9. The highest BCUT2D eigenvalue weighted by atomic mass is 16.2. The minimum Gasteiger partial charge on any atom is -0.340 e. The first kappa shape index (κ1) is 14.6. The summed E-state index contributed by atoms with van der Waals surface area (Å²) in [6, 6.07) is 4.81. The fraction of sp³-hybridized carbons (Fsp3) is 0.706. The molecule has 2 N–H and O–H groups in total. The monoisotopic (exact) mass is 289 g/mol. The zero-order valence-electron chi connectivity index (χ0n) is 13.0. The summed E-state index contributed by atoms with van der Waals surface area (Å²) in [5.41, 5.74) is 6.77. The standard InChI is InChI=1S/C17H27N3O/c1-19(15-9-3-2-6-13(15)12-18)17(21)16-10-5-11-20(16)14-7-4-8-14/h5,10-11,13-15H,2-4,6-9,12,18H2,1H3. The molecule has 0 bridgehead atoms. The molecule has 1 amide bonds. The Hall–Kier alpha value is -1.29. The van der Waals surface area contributed by atoms with E-state index in [0.29, 0.717) is 24.5 Å². The predicted molar refractivity (Wildman–Crippen MR) is 84.2 cm³/mol. The van der Waals surface area contributed by atoms with Gasteiger partial charge in [0.05, 0.1) is 0 Å². The lowest BCUT2D eigenvalue weighted by atomic mass is 9.83. The van der Waals surface area contributed by atoms with Crippen molar-refractivity contribution in [3.8, 4) is 0 Å². The average molecular weight is 289 g/mol. The van der Waals surface area contributed by atoms with E-state index in [4.69, 9.17) is 5.73 Å². The van der Waals surface area contributed by atoms with Gasteiger partial charge in [0.2, 0.25) is 0 Å². The van der Waals surface area contributed by atoms with Gasteiger partial charge < -0.3 is 15.2 Å². The van der Waals surface area contributed by atoms with Crippen LogP contribution in [0.4, 0.5) is 0 Å². The van der Waals surface area contributed by atoms with Crippen LogP contribution in [0.15, 0.2) is 18.3 Å². The summed E-state index contributed by atoms with van der Waals surface area (Å²) >= 11 is 0. The van der Waals surface area contributed by atoms with Crippen molar-refractivity contribution in [1.29, 1.82) is 0 Å². The quantitative estimate of drug-likeness (QED) is 0.926. The molecule has 2 saturated carbocycles. The van der Waals surface area contributed by atoms with Gasteiger partial charge in [-0.05, 0) is 56.7 Å². The van der Waals surface area contributed by atoms with Gasteiger partial charge in [-0.2, -0.15) is 0 Å². The summed E-state index contributed by atoms with van der Waals surface area (Å²) in [7, 11) is 1.96. The van der Waals surface area contributed by atoms with Crippen molar-refractivity contribution in [3.63, 3.8) is 0 Å². The second-order valence-electron chi connectivity index (χ2n) is 6.65. The molecular weight excluding hydrogens is 262 g/mol. The molecule has 0 aliphatic heterocycles. The highest BCUT2D eigenvalue weighted by Gasteiger charge is 2.32. The Kier molecular flexibility index (Phi) is 4.34. The average Bonchev–Trinajstić information content (AvgIpc) is 2.92. The minimum absolute atomic E-state index is 0.164. The second-order valence-corrected chi connectivity index (χ2v) is 6.65. The molecule has 0 aromatic carbocycles. The van der Waals surface area contributed by atoms with Crippen LogP contribution in [0.25, 0.3) is 0 Å². The smallest absolute Gasteiger partial charge is 0.270 e. The number of hydrogen-bond donors (Lipinski definition) is 1. The van der Waals surface area contributed by atoms with Gasteiger partial charge in [-0.25, -0.2) is 0 Å². The third kappa shape index (κ3) is 2.73. The van der Waals surface area contributed by atoms with Crippen LogP contribution in [-0.4, -0.2) is 35.0 Å². The number of carbonyl (C=O) groups is 1. The second kappa shape index (κ2) is 6.22. The van der Waals surface area contributed by atoms with E-state index >= 15 is 0 Å². The Labute approximate surface area is 127 Å². The molecule has 4 heteroatoms. The molecule has 3 rings (SSSR count). The molecule has 0 spiro atoms. The summed E-state index contributed by atoms with van der Waals surface area (Å²) in [6.07, 6.45) is 10.5. The number of nitrogens with two attached hydrogens (primary N) is 1. The largest absolute Gasteiger partial charge is 0.340 e. The lowest BCUT2D eigenvalue weighted by molar-refractivity contribution is 0.0604. The SMILES string of the molecule is CN(C(=O)c1cccn1C1CCC1)C1CCCCC1CN. The van der Waals surface area contributed by atoms with Gasteiger partial charge >= 0.3 is 0 Å². The van der Waals surface area contributed by atoms with E-state index in [1.807, 2.05) is 24.1 Å². The summed E-state index contributed by atoms with van der Waals surface area (Å²) in [4.78, 5) is 14.9. The van der Waals surface area contributed by atoms with Gasteiger partial charge in [-0.15, -0.1) is 0 Å². The Bertz CT molecular complexity index is 492. The van der Waals surface area contributed by atoms with Crippen LogP contribution < -0.4 is 5.73 Å². The van der Waals surface area contributed by atoms with E-state index in [0.717, 1.165) is 18.5 Å². The van der Waals surface area contributed by atoms with E-state index in [1.165, 1.54) is 32.1 Å². The van der Waals surface area contributed by atoms with Crippen molar-refractivity contribution in [1.82, 2.24) is 9.47 Å². The van der Waals surface area contributed by atoms with Gasteiger partial charge in [-0.1, -0.05) is 12.8 Å². The Morgan fingerprint density at radius 3 is 2.71 bits per heavy atom. The Morgan fingerprint density at radius 2 is 2.05 bits per heavy atom. The summed E-state index contributed by atoms with van der Waals surface area (Å²) in [6.45, 7) is 0.686. The normalized spacial score (nSPS) is 26.4. The van der Waals surface area contributed by atoms with E-state index in [-0.39, 0.29) is 5.91 Å². The van der Waals surface area contributed by atoms with E-state index in [2.05, 4.69) is 10.8 Å². The molecule has 0 radical (unpaired) electrons. The molecule has 1 heterocycles. The molecule has 21 heavy (non-hydrogen) atoms. The predicted octanol–water partition coefficient (Wildman–Crippen LogP) is 2.80. The number of carbonyl (C=O) groups excluding carboxylic acids is 1. The number of hydrogen-bond acceptors (Lipinski definition) is 2. The van der Waals surface area contributed by atoms with Gasteiger partial charge in [0, 0.05) is 25.3 Å². The molecule has 2 aliphatic rings. The Balaban J connectivity index is 1.76. The number of nitrogens with zero attached hydrogens (tertiary/aromatic N) is 2. The molecule has 2 aliphatic carbocycles. The molecule has 116 valence electrons. The molecule has 0 saturated heterocycles. The molecule has 2 atom stereocenters. The molecule has 4 nitrogen and oxygen atoms in total. The van der Waals surface area contributed by atoms with E-state index < -0.39 is 0 Å². The molecule has 1 aromatic heterocycles. The zero-order valence-corrected chi connectivity index (χ0v) is 13.0. The molecule has 2 fully saturated rings. The van der Waals surface area contributed by atoms with Gasteiger partial charge in [-0.3, -0.25) is 4.79 Å². The van der Waals surface area contributed by atoms with Crippen molar-refractivity contribution in [2.75, 3.05) is 13.6 Å². The molecule has 2 unspecified atom stereocenters. The number of aromatic nitrogens is 1. The van der Waals surface area contributed by atoms with Crippen LogP contribution in [0.3, 0.4) is 0 Å². The first-order valence-corrected chi connectivity index (χ1v) is 8.36. The van der Waals surface area contributed by atoms with Crippen LogP contribution in [0, 0.1) is 5.92 Å². The Morgan fingerprint density at radius 1 is 1.29 bits per heavy atom. The summed E-state index contributed by atoms with van der Waals surface area (Å²) in [5, 5.41) is 0. The first-order valence-electron chi connectivity index (χ1n) is 8.36. The highest BCUT2D eigenvalue weighted by molar-refractivity contribution is 5.93. The summed E-state index contributed by atoms with van der Waals surface area (Å²) < 4.78 is 2.18. The zero-order chi connectivity index (χ0) is 14.8.